The maximum absolute atomic E-state index is 12.9. The normalized spacial score (nSPS) is 13.5. The fourth-order valence-corrected chi connectivity index (χ4v) is 3.80. The predicted molar refractivity (Wildman–Crippen MR) is 135 cm³/mol. The zero-order chi connectivity index (χ0) is 23.5. The molecule has 0 aromatic heterocycles. The Morgan fingerprint density at radius 1 is 0.939 bits per heavy atom. The summed E-state index contributed by atoms with van der Waals surface area (Å²) in [4.78, 5) is 38.9. The smallest absolute Gasteiger partial charge is 0.343 e. The number of nitrogens with zero attached hydrogens (tertiary/aromatic N) is 1. The SMILES string of the molecule is CCc1ccc(OC(=O)c2ccc(NC3=C(Cl)C(=O)N(c4ccc(I)cc4)C3=O)cc2)cc1. The number of anilines is 2. The highest BCUT2D eigenvalue weighted by molar-refractivity contribution is 14.1. The standard InChI is InChI=1S/C25H18ClIN2O4/c1-2-15-3-13-20(14-4-15)33-25(32)16-5-9-18(10-6-16)28-22-21(26)23(30)29(24(22)31)19-11-7-17(27)8-12-19/h3-14,28H,2H2,1H3. The predicted octanol–water partition coefficient (Wildman–Crippen LogP) is 5.51. The first-order valence-corrected chi connectivity index (χ1v) is 11.6. The van der Waals surface area contributed by atoms with Crippen molar-refractivity contribution in [3.63, 3.8) is 0 Å². The molecule has 1 aliphatic heterocycles. The fourth-order valence-electron chi connectivity index (χ4n) is 3.23. The molecule has 2 amide bonds. The van der Waals surface area contributed by atoms with Crippen LogP contribution in [-0.2, 0) is 16.0 Å². The highest BCUT2D eigenvalue weighted by Gasteiger charge is 2.38. The van der Waals surface area contributed by atoms with E-state index in [9.17, 15) is 14.4 Å². The first-order valence-electron chi connectivity index (χ1n) is 10.1. The van der Waals surface area contributed by atoms with Crippen molar-refractivity contribution in [2.75, 3.05) is 10.2 Å². The molecule has 0 atom stereocenters. The van der Waals surface area contributed by atoms with E-state index in [-0.39, 0.29) is 10.7 Å². The number of hydrogen-bond acceptors (Lipinski definition) is 5. The second kappa shape index (κ2) is 9.76. The van der Waals surface area contributed by atoms with E-state index in [0.717, 1.165) is 20.5 Å². The van der Waals surface area contributed by atoms with E-state index in [1.165, 1.54) is 0 Å². The summed E-state index contributed by atoms with van der Waals surface area (Å²) in [6.45, 7) is 2.05. The number of ether oxygens (including phenoxy) is 1. The van der Waals surface area contributed by atoms with Gasteiger partial charge in [-0.25, -0.2) is 9.69 Å². The number of amides is 2. The quantitative estimate of drug-likeness (QED) is 0.183. The van der Waals surface area contributed by atoms with Crippen molar-refractivity contribution in [1.29, 1.82) is 0 Å². The molecule has 0 aliphatic carbocycles. The molecular formula is C25H18ClIN2O4. The molecule has 0 fully saturated rings. The van der Waals surface area contributed by atoms with Crippen LogP contribution in [0, 0.1) is 3.57 Å². The van der Waals surface area contributed by atoms with Crippen LogP contribution in [0.5, 0.6) is 5.75 Å². The molecule has 1 N–H and O–H groups in total. The number of hydrogen-bond donors (Lipinski definition) is 1. The molecule has 0 saturated carbocycles. The van der Waals surface area contributed by atoms with Gasteiger partial charge in [-0.1, -0.05) is 30.7 Å². The number of nitrogens with one attached hydrogen (secondary N) is 1. The molecule has 33 heavy (non-hydrogen) atoms. The van der Waals surface area contributed by atoms with E-state index in [1.807, 2.05) is 12.1 Å². The van der Waals surface area contributed by atoms with Gasteiger partial charge in [0.05, 0.1) is 11.3 Å². The molecule has 0 radical (unpaired) electrons. The number of benzene rings is 3. The first-order chi connectivity index (χ1) is 15.9. The van der Waals surface area contributed by atoms with Crippen LogP contribution >= 0.6 is 34.2 Å². The van der Waals surface area contributed by atoms with E-state index >= 15 is 0 Å². The Labute approximate surface area is 209 Å². The average molecular weight is 573 g/mol. The van der Waals surface area contributed by atoms with Crippen LogP contribution in [0.15, 0.2) is 83.5 Å². The Kier molecular flexibility index (Phi) is 6.80. The van der Waals surface area contributed by atoms with E-state index < -0.39 is 17.8 Å². The lowest BCUT2D eigenvalue weighted by atomic mass is 10.1. The molecule has 0 saturated heterocycles. The van der Waals surface area contributed by atoms with Gasteiger partial charge in [0.2, 0.25) is 0 Å². The van der Waals surface area contributed by atoms with E-state index in [4.69, 9.17) is 16.3 Å². The minimum absolute atomic E-state index is 0.0217. The monoisotopic (exact) mass is 572 g/mol. The molecule has 3 aromatic rings. The number of aryl methyl sites for hydroxylation is 1. The van der Waals surface area contributed by atoms with Crippen LogP contribution in [0.1, 0.15) is 22.8 Å². The number of imide groups is 1. The van der Waals surface area contributed by atoms with Crippen molar-refractivity contribution in [2.45, 2.75) is 13.3 Å². The molecule has 0 bridgehead atoms. The number of rotatable bonds is 6. The van der Waals surface area contributed by atoms with Crippen molar-refractivity contribution < 1.29 is 19.1 Å². The highest BCUT2D eigenvalue weighted by atomic mass is 127. The van der Waals surface area contributed by atoms with Crippen molar-refractivity contribution >= 4 is 63.4 Å². The lowest BCUT2D eigenvalue weighted by Crippen LogP contribution is -2.32. The van der Waals surface area contributed by atoms with Gasteiger partial charge in [-0.15, -0.1) is 0 Å². The van der Waals surface area contributed by atoms with Crippen LogP contribution in [0.3, 0.4) is 0 Å². The zero-order valence-electron chi connectivity index (χ0n) is 17.5. The first kappa shape index (κ1) is 23.0. The lowest BCUT2D eigenvalue weighted by molar-refractivity contribution is -0.120. The van der Waals surface area contributed by atoms with Gasteiger partial charge < -0.3 is 10.1 Å². The summed E-state index contributed by atoms with van der Waals surface area (Å²) in [6.07, 6.45) is 0.902. The van der Waals surface area contributed by atoms with Crippen LogP contribution in [0.25, 0.3) is 0 Å². The molecule has 4 rings (SSSR count). The van der Waals surface area contributed by atoms with Gasteiger partial charge >= 0.3 is 5.97 Å². The second-order valence-electron chi connectivity index (χ2n) is 7.20. The Hall–Kier alpha value is -3.17. The fraction of sp³-hybridized carbons (Fsp3) is 0.0800. The topological polar surface area (TPSA) is 75.7 Å². The summed E-state index contributed by atoms with van der Waals surface area (Å²) < 4.78 is 6.37. The van der Waals surface area contributed by atoms with Crippen molar-refractivity contribution in [1.82, 2.24) is 0 Å². The van der Waals surface area contributed by atoms with Gasteiger partial charge in [-0.05, 0) is 95.2 Å². The molecule has 3 aromatic carbocycles. The molecule has 6 nitrogen and oxygen atoms in total. The van der Waals surface area contributed by atoms with E-state index in [1.54, 1.807) is 60.7 Å². The average Bonchev–Trinajstić information content (AvgIpc) is 3.04. The molecule has 8 heteroatoms. The number of halogens is 2. The Balaban J connectivity index is 1.45. The summed E-state index contributed by atoms with van der Waals surface area (Å²) in [5.41, 5.74) is 2.41. The third-order valence-corrected chi connectivity index (χ3v) is 6.11. The second-order valence-corrected chi connectivity index (χ2v) is 8.82. The van der Waals surface area contributed by atoms with Gasteiger partial charge in [0, 0.05) is 9.26 Å². The molecule has 1 aliphatic rings. The molecule has 166 valence electrons. The minimum atomic E-state index is -0.598. The highest BCUT2D eigenvalue weighted by Crippen LogP contribution is 2.30. The van der Waals surface area contributed by atoms with Gasteiger partial charge in [-0.3, -0.25) is 9.59 Å². The third-order valence-electron chi connectivity index (χ3n) is 5.04. The molecular weight excluding hydrogens is 555 g/mol. The van der Waals surface area contributed by atoms with Crippen LogP contribution < -0.4 is 15.0 Å². The van der Waals surface area contributed by atoms with Crippen molar-refractivity contribution in [2.24, 2.45) is 0 Å². The van der Waals surface area contributed by atoms with Gasteiger partial charge in [-0.2, -0.15) is 0 Å². The van der Waals surface area contributed by atoms with E-state index in [0.29, 0.717) is 22.7 Å². The summed E-state index contributed by atoms with van der Waals surface area (Å²) in [5, 5.41) is 2.70. The number of carbonyl (C=O) groups excluding carboxylic acids is 3. The Morgan fingerprint density at radius 3 is 2.18 bits per heavy atom. The van der Waals surface area contributed by atoms with Gasteiger partial charge in [0.15, 0.2) is 0 Å². The Bertz CT molecular complexity index is 1250. The summed E-state index contributed by atoms with van der Waals surface area (Å²) >= 11 is 8.31. The molecule has 1 heterocycles. The molecule has 0 spiro atoms. The third kappa shape index (κ3) is 4.94. The largest absolute Gasteiger partial charge is 0.423 e. The van der Waals surface area contributed by atoms with Crippen LogP contribution in [0.2, 0.25) is 0 Å². The van der Waals surface area contributed by atoms with Gasteiger partial charge in [0.25, 0.3) is 11.8 Å². The van der Waals surface area contributed by atoms with E-state index in [2.05, 4.69) is 34.8 Å². The zero-order valence-corrected chi connectivity index (χ0v) is 20.4. The Morgan fingerprint density at radius 2 is 1.58 bits per heavy atom. The maximum atomic E-state index is 12.9. The van der Waals surface area contributed by atoms with Crippen molar-refractivity contribution in [3.05, 3.63) is 98.2 Å². The summed E-state index contributed by atoms with van der Waals surface area (Å²) in [6, 6.07) is 20.6. The van der Waals surface area contributed by atoms with Crippen LogP contribution in [0.4, 0.5) is 11.4 Å². The minimum Gasteiger partial charge on any atom is -0.423 e. The number of esters is 1. The number of carbonyl (C=O) groups is 3. The summed E-state index contributed by atoms with van der Waals surface area (Å²) in [7, 11) is 0. The van der Waals surface area contributed by atoms with Crippen molar-refractivity contribution in [3.8, 4) is 5.75 Å². The lowest BCUT2D eigenvalue weighted by Gasteiger charge is -2.15. The maximum Gasteiger partial charge on any atom is 0.343 e. The summed E-state index contributed by atoms with van der Waals surface area (Å²) in [5.74, 6) is -1.19. The van der Waals surface area contributed by atoms with Crippen LogP contribution in [-0.4, -0.2) is 17.8 Å². The molecule has 0 unspecified atom stereocenters. The van der Waals surface area contributed by atoms with Gasteiger partial charge in [0.1, 0.15) is 16.5 Å².